The monoisotopic (exact) mass is 430 g/mol. The lowest BCUT2D eigenvalue weighted by Crippen LogP contribution is -2.30. The van der Waals surface area contributed by atoms with Crippen LogP contribution in [0.3, 0.4) is 0 Å². The van der Waals surface area contributed by atoms with Crippen LogP contribution in [0.15, 0.2) is 42.5 Å². The van der Waals surface area contributed by atoms with Crippen molar-refractivity contribution in [3.8, 4) is 0 Å². The highest BCUT2D eigenvalue weighted by Crippen LogP contribution is 2.25. The minimum absolute atomic E-state index is 0.0299. The maximum Gasteiger partial charge on any atom is 0.319 e. The van der Waals surface area contributed by atoms with Crippen molar-refractivity contribution in [3.05, 3.63) is 53.6 Å². The molecule has 2 aromatic carbocycles. The van der Waals surface area contributed by atoms with Gasteiger partial charge in [-0.05, 0) is 68.1 Å². The van der Waals surface area contributed by atoms with Gasteiger partial charge in [0.05, 0.1) is 11.4 Å². The van der Waals surface area contributed by atoms with Crippen molar-refractivity contribution in [1.82, 2.24) is 5.32 Å². The number of nitrogens with one attached hydrogen (secondary N) is 4. The van der Waals surface area contributed by atoms with Gasteiger partial charge in [0.15, 0.2) is 0 Å². The predicted octanol–water partition coefficient (Wildman–Crippen LogP) is 3.68. The molecule has 4 N–H and O–H groups in total. The molecule has 160 valence electrons. The fourth-order valence-corrected chi connectivity index (χ4v) is 4.04. The summed E-state index contributed by atoms with van der Waals surface area (Å²) in [4.78, 5) is 24.4. The molecule has 0 unspecified atom stereocenters. The van der Waals surface area contributed by atoms with Gasteiger partial charge in [0, 0.05) is 23.0 Å². The summed E-state index contributed by atoms with van der Waals surface area (Å²) in [5.41, 5.74) is 2.58. The molecule has 0 atom stereocenters. The molecule has 30 heavy (non-hydrogen) atoms. The van der Waals surface area contributed by atoms with E-state index in [1.165, 1.54) is 0 Å². The third-order valence-corrected chi connectivity index (χ3v) is 6.11. The van der Waals surface area contributed by atoms with Crippen molar-refractivity contribution in [3.63, 3.8) is 0 Å². The number of carbonyl (C=O) groups excluding carboxylic acids is 2. The van der Waals surface area contributed by atoms with Gasteiger partial charge in [-0.3, -0.25) is 9.52 Å². The van der Waals surface area contributed by atoms with Crippen molar-refractivity contribution >= 4 is 39.0 Å². The Balaban J connectivity index is 1.65. The van der Waals surface area contributed by atoms with Crippen LogP contribution in [0.25, 0.3) is 0 Å². The van der Waals surface area contributed by atoms with Crippen LogP contribution in [0.2, 0.25) is 0 Å². The summed E-state index contributed by atoms with van der Waals surface area (Å²) in [6.07, 6.45) is 2.53. The fourth-order valence-electron chi connectivity index (χ4n) is 2.85. The summed E-state index contributed by atoms with van der Waals surface area (Å²) in [5.74, 6) is -0.303. The number of hydrogen-bond donors (Lipinski definition) is 4. The zero-order valence-corrected chi connectivity index (χ0v) is 17.8. The van der Waals surface area contributed by atoms with Gasteiger partial charge in [-0.15, -0.1) is 0 Å². The van der Waals surface area contributed by atoms with Gasteiger partial charge in [-0.25, -0.2) is 13.2 Å². The normalized spacial score (nSPS) is 13.4. The molecule has 0 saturated heterocycles. The lowest BCUT2D eigenvalue weighted by atomic mass is 10.1. The van der Waals surface area contributed by atoms with E-state index in [-0.39, 0.29) is 23.7 Å². The maximum absolute atomic E-state index is 12.6. The van der Waals surface area contributed by atoms with Gasteiger partial charge in [0.2, 0.25) is 10.0 Å². The Hall–Kier alpha value is -3.07. The molecule has 1 aliphatic carbocycles. The van der Waals surface area contributed by atoms with Gasteiger partial charge in [-0.1, -0.05) is 13.0 Å². The quantitative estimate of drug-likeness (QED) is 0.511. The average molecular weight is 431 g/mol. The first kappa shape index (κ1) is 21.6. The second-order valence-corrected chi connectivity index (χ2v) is 9.15. The van der Waals surface area contributed by atoms with Crippen molar-refractivity contribution in [1.29, 1.82) is 0 Å². The van der Waals surface area contributed by atoms with Crippen LogP contribution < -0.4 is 20.7 Å². The Labute approximate surface area is 176 Å². The van der Waals surface area contributed by atoms with Crippen molar-refractivity contribution < 1.29 is 18.0 Å². The zero-order chi connectivity index (χ0) is 21.7. The van der Waals surface area contributed by atoms with Crippen LogP contribution in [-0.2, 0) is 10.0 Å². The number of benzene rings is 2. The van der Waals surface area contributed by atoms with Crippen LogP contribution in [-0.4, -0.2) is 32.2 Å². The van der Waals surface area contributed by atoms with Gasteiger partial charge in [-0.2, -0.15) is 0 Å². The SMILES string of the molecule is CCCS(=O)(=O)Nc1cccc(NC(=O)c2ccc(NC(=O)NC3CC3)cc2)c1C. The molecule has 0 aliphatic heterocycles. The number of rotatable bonds is 8. The van der Waals surface area contributed by atoms with Crippen LogP contribution in [0.5, 0.6) is 0 Å². The predicted molar refractivity (Wildman–Crippen MR) is 118 cm³/mol. The van der Waals surface area contributed by atoms with Gasteiger partial charge in [0.1, 0.15) is 0 Å². The second kappa shape index (κ2) is 9.17. The van der Waals surface area contributed by atoms with E-state index in [2.05, 4.69) is 20.7 Å². The molecule has 0 aromatic heterocycles. The number of amides is 3. The molecule has 0 radical (unpaired) electrons. The molecular weight excluding hydrogens is 404 g/mol. The zero-order valence-electron chi connectivity index (χ0n) is 17.0. The third kappa shape index (κ3) is 5.96. The Bertz CT molecular complexity index is 1030. The van der Waals surface area contributed by atoms with E-state index in [1.54, 1.807) is 56.3 Å². The van der Waals surface area contributed by atoms with Crippen LogP contribution in [0.1, 0.15) is 42.1 Å². The molecule has 0 bridgehead atoms. The molecule has 0 heterocycles. The van der Waals surface area contributed by atoms with E-state index >= 15 is 0 Å². The highest BCUT2D eigenvalue weighted by Gasteiger charge is 2.23. The first-order valence-corrected chi connectivity index (χ1v) is 11.5. The van der Waals surface area contributed by atoms with E-state index in [0.717, 1.165) is 12.8 Å². The summed E-state index contributed by atoms with van der Waals surface area (Å²) in [5, 5.41) is 8.37. The third-order valence-electron chi connectivity index (χ3n) is 4.64. The van der Waals surface area contributed by atoms with E-state index in [9.17, 15) is 18.0 Å². The smallest absolute Gasteiger partial charge is 0.319 e. The Morgan fingerprint density at radius 3 is 2.30 bits per heavy atom. The molecule has 8 nitrogen and oxygen atoms in total. The molecule has 0 spiro atoms. The van der Waals surface area contributed by atoms with Crippen LogP contribution in [0, 0.1) is 6.92 Å². The van der Waals surface area contributed by atoms with Crippen LogP contribution in [0.4, 0.5) is 21.9 Å². The average Bonchev–Trinajstić information content (AvgIpc) is 3.49. The molecule has 3 amide bonds. The standard InChI is InChI=1S/C21H26N4O4S/c1-3-13-30(28,29)25-19-6-4-5-18(14(19)2)24-20(26)15-7-9-16(10-8-15)22-21(27)23-17-11-12-17/h4-10,17,25H,3,11-13H2,1-2H3,(H,24,26)(H2,22,23,27). The van der Waals surface area contributed by atoms with E-state index in [4.69, 9.17) is 0 Å². The lowest BCUT2D eigenvalue weighted by Gasteiger charge is -2.14. The van der Waals surface area contributed by atoms with E-state index < -0.39 is 10.0 Å². The summed E-state index contributed by atoms with van der Waals surface area (Å²) >= 11 is 0. The highest BCUT2D eigenvalue weighted by atomic mass is 32.2. The lowest BCUT2D eigenvalue weighted by molar-refractivity contribution is 0.102. The summed E-state index contributed by atoms with van der Waals surface area (Å²) in [6.45, 7) is 3.54. The molecule has 9 heteroatoms. The Morgan fingerprint density at radius 2 is 1.67 bits per heavy atom. The van der Waals surface area contributed by atoms with E-state index in [0.29, 0.717) is 34.6 Å². The molecule has 3 rings (SSSR count). The maximum atomic E-state index is 12.6. The van der Waals surface area contributed by atoms with Crippen LogP contribution >= 0.6 is 0 Å². The number of carbonyl (C=O) groups is 2. The minimum Gasteiger partial charge on any atom is -0.335 e. The molecule has 1 aliphatic rings. The van der Waals surface area contributed by atoms with Gasteiger partial charge < -0.3 is 16.0 Å². The number of urea groups is 1. The number of anilines is 3. The molecular formula is C21H26N4O4S. The molecule has 1 fully saturated rings. The molecule has 1 saturated carbocycles. The minimum atomic E-state index is -3.43. The largest absolute Gasteiger partial charge is 0.335 e. The van der Waals surface area contributed by atoms with Crippen molar-refractivity contribution in [2.75, 3.05) is 21.1 Å². The summed E-state index contributed by atoms with van der Waals surface area (Å²) < 4.78 is 26.6. The van der Waals surface area contributed by atoms with Crippen molar-refractivity contribution in [2.24, 2.45) is 0 Å². The fraction of sp³-hybridized carbons (Fsp3) is 0.333. The highest BCUT2D eigenvalue weighted by molar-refractivity contribution is 7.92. The molecule has 2 aromatic rings. The number of hydrogen-bond acceptors (Lipinski definition) is 4. The number of sulfonamides is 1. The van der Waals surface area contributed by atoms with E-state index in [1.807, 2.05) is 0 Å². The summed E-state index contributed by atoms with van der Waals surface area (Å²) in [6, 6.07) is 11.6. The van der Waals surface area contributed by atoms with Crippen molar-refractivity contribution in [2.45, 2.75) is 39.2 Å². The Kier molecular flexibility index (Phi) is 6.61. The second-order valence-electron chi connectivity index (χ2n) is 7.30. The Morgan fingerprint density at radius 1 is 1.00 bits per heavy atom. The summed E-state index contributed by atoms with van der Waals surface area (Å²) in [7, 11) is -3.43. The first-order chi connectivity index (χ1) is 14.3. The van der Waals surface area contributed by atoms with Gasteiger partial charge >= 0.3 is 6.03 Å². The topological polar surface area (TPSA) is 116 Å². The first-order valence-electron chi connectivity index (χ1n) is 9.86. The van der Waals surface area contributed by atoms with Gasteiger partial charge in [0.25, 0.3) is 5.91 Å².